The van der Waals surface area contributed by atoms with Crippen molar-refractivity contribution in [2.45, 2.75) is 6.54 Å². The van der Waals surface area contributed by atoms with Crippen molar-refractivity contribution in [2.24, 2.45) is 0 Å². The summed E-state index contributed by atoms with van der Waals surface area (Å²) < 4.78 is 1.02. The van der Waals surface area contributed by atoms with E-state index in [1.54, 1.807) is 6.07 Å². The zero-order valence-corrected chi connectivity index (χ0v) is 11.1. The van der Waals surface area contributed by atoms with Gasteiger partial charge < -0.3 is 5.11 Å². The molecule has 1 aromatic heterocycles. The second-order valence-corrected chi connectivity index (χ2v) is 4.29. The molecule has 110 valence electrons. The molecule has 0 saturated carbocycles. The fraction of sp³-hybridized carbons (Fsp3) is 0.0714. The van der Waals surface area contributed by atoms with Gasteiger partial charge in [0.25, 0.3) is 11.2 Å². The summed E-state index contributed by atoms with van der Waals surface area (Å²) in [6, 6.07) is 9.73. The van der Waals surface area contributed by atoms with Crippen LogP contribution in [0.2, 0.25) is 0 Å². The number of non-ortho nitro benzene ring substituents is 1. The van der Waals surface area contributed by atoms with Crippen molar-refractivity contribution in [3.8, 4) is 17.3 Å². The van der Waals surface area contributed by atoms with Crippen LogP contribution in [-0.2, 0) is 6.54 Å². The van der Waals surface area contributed by atoms with Crippen molar-refractivity contribution in [3.63, 3.8) is 0 Å². The molecule has 0 radical (unpaired) electrons. The molecule has 1 N–H and O–H groups in total. The Morgan fingerprint density at radius 1 is 1.27 bits per heavy atom. The standard InChI is InChI=1S/C14H9N3O5/c15-7-8-16-12(6-5-11(13(16)18)14(19)20)9-1-3-10(4-2-9)17(21)22/h1-6H,8H2,(H,19,20). The second-order valence-electron chi connectivity index (χ2n) is 4.29. The number of nitro benzene ring substituents is 1. The first-order valence-corrected chi connectivity index (χ1v) is 6.04. The highest BCUT2D eigenvalue weighted by Crippen LogP contribution is 2.21. The topological polar surface area (TPSA) is 126 Å². The minimum atomic E-state index is -1.38. The maximum absolute atomic E-state index is 12.1. The molecule has 22 heavy (non-hydrogen) atoms. The zero-order valence-electron chi connectivity index (χ0n) is 11.1. The van der Waals surface area contributed by atoms with Gasteiger partial charge in [0.2, 0.25) is 0 Å². The molecule has 8 nitrogen and oxygen atoms in total. The van der Waals surface area contributed by atoms with Crippen LogP contribution in [0.1, 0.15) is 10.4 Å². The number of carboxylic acids is 1. The van der Waals surface area contributed by atoms with Crippen molar-refractivity contribution < 1.29 is 14.8 Å². The quantitative estimate of drug-likeness (QED) is 0.675. The van der Waals surface area contributed by atoms with Crippen LogP contribution in [0, 0.1) is 21.4 Å². The number of nitriles is 1. The molecule has 0 amide bonds. The lowest BCUT2D eigenvalue weighted by molar-refractivity contribution is -0.384. The fourth-order valence-electron chi connectivity index (χ4n) is 1.97. The highest BCUT2D eigenvalue weighted by atomic mass is 16.6. The number of pyridine rings is 1. The van der Waals surface area contributed by atoms with Crippen LogP contribution in [0.15, 0.2) is 41.2 Å². The molecular formula is C14H9N3O5. The molecule has 1 aromatic carbocycles. The lowest BCUT2D eigenvalue weighted by atomic mass is 10.1. The summed E-state index contributed by atoms with van der Waals surface area (Å²) in [5.74, 6) is -1.38. The van der Waals surface area contributed by atoms with E-state index < -0.39 is 22.0 Å². The zero-order chi connectivity index (χ0) is 16.3. The number of carboxylic acid groups (broad SMARTS) is 1. The molecule has 1 heterocycles. The molecule has 2 rings (SSSR count). The number of carbonyl (C=O) groups is 1. The first-order chi connectivity index (χ1) is 10.5. The monoisotopic (exact) mass is 299 g/mol. The molecule has 0 aliphatic heterocycles. The third-order valence-corrected chi connectivity index (χ3v) is 3.01. The van der Waals surface area contributed by atoms with Crippen LogP contribution >= 0.6 is 0 Å². The maximum Gasteiger partial charge on any atom is 0.341 e. The minimum absolute atomic E-state index is 0.111. The molecule has 0 bridgehead atoms. The summed E-state index contributed by atoms with van der Waals surface area (Å²) in [5, 5.41) is 28.4. The number of hydrogen-bond donors (Lipinski definition) is 1. The summed E-state index contributed by atoms with van der Waals surface area (Å²) in [7, 11) is 0. The number of aromatic nitrogens is 1. The Morgan fingerprint density at radius 3 is 2.41 bits per heavy atom. The van der Waals surface area contributed by atoms with E-state index in [1.165, 1.54) is 30.3 Å². The van der Waals surface area contributed by atoms with Crippen molar-refractivity contribution >= 4 is 11.7 Å². The predicted octanol–water partition coefficient (Wildman–Crippen LogP) is 1.65. The van der Waals surface area contributed by atoms with Gasteiger partial charge in [-0.05, 0) is 29.8 Å². The van der Waals surface area contributed by atoms with Gasteiger partial charge >= 0.3 is 5.97 Å². The van der Waals surface area contributed by atoms with Crippen LogP contribution < -0.4 is 5.56 Å². The molecule has 0 aliphatic carbocycles. The SMILES string of the molecule is N#CCn1c(-c2ccc([N+](=O)[O-])cc2)ccc(C(=O)O)c1=O. The number of rotatable bonds is 4. The highest BCUT2D eigenvalue weighted by molar-refractivity contribution is 5.87. The van der Waals surface area contributed by atoms with Gasteiger partial charge in [0, 0.05) is 12.1 Å². The predicted molar refractivity (Wildman–Crippen MR) is 75.4 cm³/mol. The molecule has 0 aliphatic rings. The van der Waals surface area contributed by atoms with E-state index in [0.717, 1.165) is 10.6 Å². The van der Waals surface area contributed by atoms with Crippen molar-refractivity contribution in [1.29, 1.82) is 5.26 Å². The summed E-state index contributed by atoms with van der Waals surface area (Å²) in [4.78, 5) is 33.1. The van der Waals surface area contributed by atoms with Crippen LogP contribution in [0.5, 0.6) is 0 Å². The van der Waals surface area contributed by atoms with Crippen LogP contribution in [0.4, 0.5) is 5.69 Å². The van der Waals surface area contributed by atoms with E-state index in [2.05, 4.69) is 0 Å². The largest absolute Gasteiger partial charge is 0.477 e. The third-order valence-electron chi connectivity index (χ3n) is 3.01. The summed E-state index contributed by atoms with van der Waals surface area (Å²) in [6.07, 6.45) is 0. The third kappa shape index (κ3) is 2.69. The van der Waals surface area contributed by atoms with Crippen molar-refractivity contribution in [1.82, 2.24) is 4.57 Å². The van der Waals surface area contributed by atoms with Gasteiger partial charge in [-0.15, -0.1) is 0 Å². The Kier molecular flexibility index (Phi) is 3.99. The Bertz CT molecular complexity index is 846. The van der Waals surface area contributed by atoms with E-state index in [4.69, 9.17) is 10.4 Å². The van der Waals surface area contributed by atoms with Crippen LogP contribution in [0.3, 0.4) is 0 Å². The molecule has 0 atom stereocenters. The van der Waals surface area contributed by atoms with E-state index in [0.29, 0.717) is 11.3 Å². The van der Waals surface area contributed by atoms with Crippen molar-refractivity contribution in [2.75, 3.05) is 0 Å². The molecule has 2 aromatic rings. The van der Waals surface area contributed by atoms with Gasteiger partial charge in [-0.1, -0.05) is 0 Å². The Labute approximate surface area is 123 Å². The number of nitro groups is 1. The molecule has 0 spiro atoms. The Balaban J connectivity index is 2.62. The molecule has 0 unspecified atom stereocenters. The molecule has 0 fully saturated rings. The Hall–Kier alpha value is -3.47. The number of benzene rings is 1. The fourth-order valence-corrected chi connectivity index (χ4v) is 1.97. The lowest BCUT2D eigenvalue weighted by Crippen LogP contribution is -2.27. The minimum Gasteiger partial charge on any atom is -0.477 e. The van der Waals surface area contributed by atoms with Gasteiger partial charge in [-0.2, -0.15) is 5.26 Å². The van der Waals surface area contributed by atoms with Gasteiger partial charge in [0.1, 0.15) is 12.1 Å². The highest BCUT2D eigenvalue weighted by Gasteiger charge is 2.15. The number of hydrogen-bond acceptors (Lipinski definition) is 5. The molecular weight excluding hydrogens is 290 g/mol. The van der Waals surface area contributed by atoms with E-state index >= 15 is 0 Å². The van der Waals surface area contributed by atoms with Gasteiger partial charge in [0.05, 0.1) is 16.7 Å². The summed E-state index contributed by atoms with van der Waals surface area (Å²) >= 11 is 0. The first kappa shape index (κ1) is 14.9. The maximum atomic E-state index is 12.1. The average molecular weight is 299 g/mol. The smallest absolute Gasteiger partial charge is 0.341 e. The number of nitrogens with zero attached hydrogens (tertiary/aromatic N) is 3. The lowest BCUT2D eigenvalue weighted by Gasteiger charge is -2.10. The van der Waals surface area contributed by atoms with Gasteiger partial charge in [-0.3, -0.25) is 19.5 Å². The van der Waals surface area contributed by atoms with E-state index in [-0.39, 0.29) is 12.2 Å². The van der Waals surface area contributed by atoms with Crippen LogP contribution in [0.25, 0.3) is 11.3 Å². The van der Waals surface area contributed by atoms with Crippen LogP contribution in [-0.4, -0.2) is 20.6 Å². The second kappa shape index (κ2) is 5.88. The molecule has 0 saturated heterocycles. The van der Waals surface area contributed by atoms with Crippen molar-refractivity contribution in [3.05, 3.63) is 62.4 Å². The molecule has 8 heteroatoms. The van der Waals surface area contributed by atoms with Gasteiger partial charge in [-0.25, -0.2) is 4.79 Å². The van der Waals surface area contributed by atoms with E-state index in [1.807, 2.05) is 0 Å². The average Bonchev–Trinajstić information content (AvgIpc) is 2.49. The normalized spacial score (nSPS) is 9.95. The summed E-state index contributed by atoms with van der Waals surface area (Å²) in [6.45, 7) is -0.327. The Morgan fingerprint density at radius 2 is 1.91 bits per heavy atom. The summed E-state index contributed by atoms with van der Waals surface area (Å²) in [5.41, 5.74) is -0.577. The number of aromatic carboxylic acids is 1. The van der Waals surface area contributed by atoms with E-state index in [9.17, 15) is 19.7 Å². The first-order valence-electron chi connectivity index (χ1n) is 6.04. The van der Waals surface area contributed by atoms with Gasteiger partial charge in [0.15, 0.2) is 0 Å².